The number of halogens is 3. The van der Waals surface area contributed by atoms with Gasteiger partial charge in [0.15, 0.2) is 0 Å². The molecule has 80 valence electrons. The number of aliphatic hydroxyl groups is 1. The van der Waals surface area contributed by atoms with Crippen LogP contribution in [0.4, 0.5) is 13.2 Å². The van der Waals surface area contributed by atoms with Gasteiger partial charge in [0.2, 0.25) is 5.60 Å². The molecule has 1 atom stereocenters. The number of hydrogen-bond donors (Lipinski definition) is 1. The molecule has 0 saturated carbocycles. The first-order chi connectivity index (χ1) is 6.92. The van der Waals surface area contributed by atoms with Crippen molar-refractivity contribution in [3.8, 4) is 11.8 Å². The van der Waals surface area contributed by atoms with Crippen molar-refractivity contribution in [1.29, 1.82) is 0 Å². The Morgan fingerprint density at radius 3 is 2.07 bits per heavy atom. The van der Waals surface area contributed by atoms with E-state index in [2.05, 4.69) is 5.92 Å². The van der Waals surface area contributed by atoms with Crippen LogP contribution in [0.25, 0.3) is 0 Å². The standard InChI is InChI=1S/C11H9F3O/c1-2-8-10(15,11(12,13)14)9-6-4-3-5-7-9/h3-7,15H,1H3/t10-/m0/s1. The van der Waals surface area contributed by atoms with E-state index in [1.54, 1.807) is 12.0 Å². The van der Waals surface area contributed by atoms with Gasteiger partial charge in [0.05, 0.1) is 0 Å². The summed E-state index contributed by atoms with van der Waals surface area (Å²) in [5.74, 6) is 3.89. The van der Waals surface area contributed by atoms with Crippen molar-refractivity contribution in [3.63, 3.8) is 0 Å². The van der Waals surface area contributed by atoms with Crippen LogP contribution in [0.1, 0.15) is 12.5 Å². The molecule has 1 N–H and O–H groups in total. The van der Waals surface area contributed by atoms with Crippen molar-refractivity contribution in [2.24, 2.45) is 0 Å². The maximum absolute atomic E-state index is 12.6. The lowest BCUT2D eigenvalue weighted by molar-refractivity contribution is -0.240. The Morgan fingerprint density at radius 1 is 1.13 bits per heavy atom. The fraction of sp³-hybridized carbons (Fsp3) is 0.273. The average molecular weight is 214 g/mol. The van der Waals surface area contributed by atoms with E-state index in [9.17, 15) is 18.3 Å². The molecule has 1 aromatic carbocycles. The van der Waals surface area contributed by atoms with E-state index >= 15 is 0 Å². The summed E-state index contributed by atoms with van der Waals surface area (Å²) in [5.41, 5.74) is -3.35. The van der Waals surface area contributed by atoms with Crippen LogP contribution in [0.2, 0.25) is 0 Å². The van der Waals surface area contributed by atoms with Gasteiger partial charge in [0, 0.05) is 5.56 Å². The van der Waals surface area contributed by atoms with Crippen molar-refractivity contribution >= 4 is 0 Å². The molecule has 1 rings (SSSR count). The van der Waals surface area contributed by atoms with Crippen LogP contribution >= 0.6 is 0 Å². The largest absolute Gasteiger partial charge is 0.433 e. The maximum Gasteiger partial charge on any atom is 0.433 e. The summed E-state index contributed by atoms with van der Waals surface area (Å²) in [6, 6.07) is 6.79. The summed E-state index contributed by atoms with van der Waals surface area (Å²) >= 11 is 0. The molecule has 0 fully saturated rings. The summed E-state index contributed by atoms with van der Waals surface area (Å²) in [6.45, 7) is 1.25. The molecule has 0 amide bonds. The lowest BCUT2D eigenvalue weighted by Gasteiger charge is -2.25. The number of hydrogen-bond acceptors (Lipinski definition) is 1. The third kappa shape index (κ3) is 2.13. The quantitative estimate of drug-likeness (QED) is 0.712. The average Bonchev–Trinajstić information content (AvgIpc) is 2.18. The van der Waals surface area contributed by atoms with Gasteiger partial charge in [0.1, 0.15) is 0 Å². The van der Waals surface area contributed by atoms with Crippen molar-refractivity contribution in [3.05, 3.63) is 35.9 Å². The van der Waals surface area contributed by atoms with Gasteiger partial charge >= 0.3 is 6.18 Å². The third-order valence-corrected chi connectivity index (χ3v) is 1.91. The second-order valence-electron chi connectivity index (χ2n) is 2.95. The highest BCUT2D eigenvalue weighted by atomic mass is 19.4. The van der Waals surface area contributed by atoms with E-state index in [4.69, 9.17) is 0 Å². The van der Waals surface area contributed by atoms with Crippen molar-refractivity contribution in [2.45, 2.75) is 18.7 Å². The fourth-order valence-corrected chi connectivity index (χ4v) is 1.17. The van der Waals surface area contributed by atoms with Crippen LogP contribution in [0.3, 0.4) is 0 Å². The molecular weight excluding hydrogens is 205 g/mol. The van der Waals surface area contributed by atoms with E-state index in [1.807, 2.05) is 0 Å². The Labute approximate surface area is 85.5 Å². The molecule has 0 aliphatic heterocycles. The first kappa shape index (κ1) is 11.6. The van der Waals surface area contributed by atoms with E-state index in [0.717, 1.165) is 0 Å². The highest BCUT2D eigenvalue weighted by Gasteiger charge is 2.54. The van der Waals surface area contributed by atoms with E-state index in [-0.39, 0.29) is 5.56 Å². The van der Waals surface area contributed by atoms with Crippen molar-refractivity contribution in [2.75, 3.05) is 0 Å². The summed E-state index contributed by atoms with van der Waals surface area (Å²) in [6.07, 6.45) is -4.81. The van der Waals surface area contributed by atoms with E-state index < -0.39 is 11.8 Å². The van der Waals surface area contributed by atoms with Gasteiger partial charge in [-0.15, -0.1) is 5.92 Å². The highest BCUT2D eigenvalue weighted by Crippen LogP contribution is 2.38. The molecule has 0 unspecified atom stereocenters. The zero-order chi connectivity index (χ0) is 11.5. The second-order valence-corrected chi connectivity index (χ2v) is 2.95. The molecular formula is C11H9F3O. The monoisotopic (exact) mass is 214 g/mol. The molecule has 1 aromatic rings. The van der Waals surface area contributed by atoms with Gasteiger partial charge in [-0.05, 0) is 6.92 Å². The molecule has 0 aromatic heterocycles. The van der Waals surface area contributed by atoms with Crippen LogP contribution in [0, 0.1) is 11.8 Å². The van der Waals surface area contributed by atoms with Crippen LogP contribution in [-0.4, -0.2) is 11.3 Å². The van der Waals surface area contributed by atoms with Gasteiger partial charge in [-0.25, -0.2) is 0 Å². The number of benzene rings is 1. The van der Waals surface area contributed by atoms with E-state index in [1.165, 1.54) is 31.2 Å². The Balaban J connectivity index is 3.30. The Bertz CT molecular complexity index is 386. The molecule has 0 aliphatic carbocycles. The minimum atomic E-state index is -4.81. The predicted molar refractivity (Wildman–Crippen MR) is 49.8 cm³/mol. The lowest BCUT2D eigenvalue weighted by Crippen LogP contribution is -2.40. The summed E-state index contributed by atoms with van der Waals surface area (Å²) in [7, 11) is 0. The third-order valence-electron chi connectivity index (χ3n) is 1.91. The Kier molecular flexibility index (Phi) is 3.06. The van der Waals surface area contributed by atoms with Crippen LogP contribution in [-0.2, 0) is 5.60 Å². The lowest BCUT2D eigenvalue weighted by atomic mass is 9.94. The van der Waals surface area contributed by atoms with Crippen LogP contribution in [0.5, 0.6) is 0 Å². The first-order valence-electron chi connectivity index (χ1n) is 4.20. The smallest absolute Gasteiger partial charge is 0.366 e. The molecule has 4 heteroatoms. The van der Waals surface area contributed by atoms with Crippen molar-refractivity contribution < 1.29 is 18.3 Å². The predicted octanol–water partition coefficient (Wildman–Crippen LogP) is 2.46. The molecule has 0 spiro atoms. The molecule has 15 heavy (non-hydrogen) atoms. The molecule has 0 radical (unpaired) electrons. The van der Waals surface area contributed by atoms with Crippen LogP contribution < -0.4 is 0 Å². The van der Waals surface area contributed by atoms with Gasteiger partial charge in [0.25, 0.3) is 0 Å². The Hall–Kier alpha value is -1.47. The molecule has 1 nitrogen and oxygen atoms in total. The molecule has 0 saturated heterocycles. The zero-order valence-corrected chi connectivity index (χ0v) is 7.97. The summed E-state index contributed by atoms with van der Waals surface area (Å²) in [5, 5.41) is 9.52. The molecule has 0 aliphatic rings. The molecule has 0 heterocycles. The SMILES string of the molecule is CC#C[C@](O)(c1ccccc1)C(F)(F)F. The highest BCUT2D eigenvalue weighted by molar-refractivity contribution is 5.33. The van der Waals surface area contributed by atoms with Gasteiger partial charge in [-0.3, -0.25) is 0 Å². The molecule has 0 bridgehead atoms. The number of alkyl halides is 3. The maximum atomic E-state index is 12.6. The Morgan fingerprint density at radius 2 is 1.67 bits per heavy atom. The summed E-state index contributed by atoms with van der Waals surface area (Å²) in [4.78, 5) is 0. The fourth-order valence-electron chi connectivity index (χ4n) is 1.17. The zero-order valence-electron chi connectivity index (χ0n) is 7.97. The first-order valence-corrected chi connectivity index (χ1v) is 4.20. The minimum absolute atomic E-state index is 0.271. The number of rotatable bonds is 1. The van der Waals surface area contributed by atoms with Crippen molar-refractivity contribution in [1.82, 2.24) is 0 Å². The normalized spacial score (nSPS) is 15.0. The topological polar surface area (TPSA) is 20.2 Å². The van der Waals surface area contributed by atoms with E-state index in [0.29, 0.717) is 0 Å². The van der Waals surface area contributed by atoms with Crippen LogP contribution in [0.15, 0.2) is 30.3 Å². The van der Waals surface area contributed by atoms with Gasteiger partial charge in [-0.2, -0.15) is 13.2 Å². The second kappa shape index (κ2) is 3.95. The summed E-state index contributed by atoms with van der Waals surface area (Å²) < 4.78 is 37.9. The van der Waals surface area contributed by atoms with Gasteiger partial charge < -0.3 is 5.11 Å². The van der Waals surface area contributed by atoms with Gasteiger partial charge in [-0.1, -0.05) is 36.3 Å². The minimum Gasteiger partial charge on any atom is -0.366 e.